The van der Waals surface area contributed by atoms with Gasteiger partial charge in [0, 0.05) is 44.4 Å². The SMILES string of the molecule is C#C[C@@H](NC(=O)Nc1ccc(Oc2ccnc3cc(OCCCN4CCOCC4)c4c(c23)OCCO4)cc1F)C1=CCC(F)C=C1. The molecule has 6 rings (SSSR count). The Morgan fingerprint density at radius 1 is 1.13 bits per heavy atom. The van der Waals surface area contributed by atoms with E-state index in [9.17, 15) is 9.18 Å². The lowest BCUT2D eigenvalue weighted by Gasteiger charge is -2.26. The van der Waals surface area contributed by atoms with Crippen LogP contribution < -0.4 is 29.6 Å². The lowest BCUT2D eigenvalue weighted by molar-refractivity contribution is 0.0357. The number of amides is 2. The van der Waals surface area contributed by atoms with Crippen molar-refractivity contribution in [3.05, 3.63) is 66.1 Å². The van der Waals surface area contributed by atoms with Crippen molar-refractivity contribution in [3.63, 3.8) is 0 Å². The van der Waals surface area contributed by atoms with Gasteiger partial charge >= 0.3 is 6.03 Å². The molecule has 2 N–H and O–H groups in total. The second-order valence-corrected chi connectivity index (χ2v) is 10.8. The molecular formula is C34H34F2N4O6. The van der Waals surface area contributed by atoms with Crippen molar-refractivity contribution in [1.82, 2.24) is 15.2 Å². The third-order valence-electron chi connectivity index (χ3n) is 7.69. The first-order valence-electron chi connectivity index (χ1n) is 15.2. The molecule has 3 aromatic rings. The van der Waals surface area contributed by atoms with Crippen LogP contribution in [0, 0.1) is 18.2 Å². The molecule has 2 aliphatic heterocycles. The van der Waals surface area contributed by atoms with Gasteiger partial charge in [0.25, 0.3) is 0 Å². The molecular weight excluding hydrogens is 598 g/mol. The van der Waals surface area contributed by atoms with E-state index in [1.807, 2.05) is 0 Å². The van der Waals surface area contributed by atoms with E-state index < -0.39 is 24.1 Å². The van der Waals surface area contributed by atoms with E-state index in [2.05, 4.69) is 26.4 Å². The number of rotatable bonds is 10. The zero-order valence-corrected chi connectivity index (χ0v) is 25.1. The molecule has 12 heteroatoms. The number of carbonyl (C=O) groups is 1. The topological polar surface area (TPSA) is 103 Å². The van der Waals surface area contributed by atoms with Crippen molar-refractivity contribution < 1.29 is 37.3 Å². The number of fused-ring (bicyclic) bond motifs is 3. The number of urea groups is 1. The van der Waals surface area contributed by atoms with Crippen LogP contribution in [0.2, 0.25) is 0 Å². The second-order valence-electron chi connectivity index (χ2n) is 10.8. The molecule has 1 aromatic heterocycles. The monoisotopic (exact) mass is 632 g/mol. The maximum Gasteiger partial charge on any atom is 0.320 e. The standard InChI is InChI=1S/C34H34F2N4O6/c1-2-26(22-4-6-23(35)7-5-22)38-34(41)39-27-9-8-24(20-25(27)36)46-29-10-11-37-28-21-30(32-33(31(28)29)45-19-18-44-32)43-15-3-12-40-13-16-42-17-14-40/h1,4-6,8-11,20-21,23,26H,3,7,12-19H2,(H2,38,39,41)/t23?,26-/m1/s1. The molecule has 2 amide bonds. The number of nitrogens with zero attached hydrogens (tertiary/aromatic N) is 2. The maximum atomic E-state index is 15.1. The second kappa shape index (κ2) is 14.5. The molecule has 0 saturated carbocycles. The minimum atomic E-state index is -1.09. The van der Waals surface area contributed by atoms with Gasteiger partial charge in [-0.3, -0.25) is 9.88 Å². The molecule has 0 bridgehead atoms. The number of hydrogen-bond donors (Lipinski definition) is 2. The van der Waals surface area contributed by atoms with Crippen LogP contribution in [-0.4, -0.2) is 80.8 Å². The summed E-state index contributed by atoms with van der Waals surface area (Å²) in [4.78, 5) is 19.4. The summed E-state index contributed by atoms with van der Waals surface area (Å²) in [5, 5.41) is 5.61. The number of nitrogens with one attached hydrogen (secondary N) is 2. The summed E-state index contributed by atoms with van der Waals surface area (Å²) in [6.07, 6.45) is 11.6. The Morgan fingerprint density at radius 3 is 2.72 bits per heavy atom. The molecule has 3 aliphatic rings. The smallest absolute Gasteiger partial charge is 0.320 e. The molecule has 1 fully saturated rings. The number of benzene rings is 2. The Labute approximate surface area is 265 Å². The van der Waals surface area contributed by atoms with Gasteiger partial charge in [0.05, 0.1) is 36.4 Å². The quantitative estimate of drug-likeness (QED) is 0.227. The highest BCUT2D eigenvalue weighted by molar-refractivity contribution is 5.95. The van der Waals surface area contributed by atoms with Crippen molar-refractivity contribution in [2.75, 3.05) is 58.0 Å². The van der Waals surface area contributed by atoms with Gasteiger partial charge in [-0.2, -0.15) is 0 Å². The average molecular weight is 633 g/mol. The molecule has 2 atom stereocenters. The molecule has 1 saturated heterocycles. The van der Waals surface area contributed by atoms with Crippen LogP contribution in [0.4, 0.5) is 19.3 Å². The number of terminal acetylenes is 1. The van der Waals surface area contributed by atoms with Crippen LogP contribution in [-0.2, 0) is 4.74 Å². The minimum absolute atomic E-state index is 0.0817. The van der Waals surface area contributed by atoms with E-state index in [0.717, 1.165) is 45.3 Å². The van der Waals surface area contributed by atoms with Crippen LogP contribution in [0.15, 0.2) is 60.3 Å². The molecule has 1 unspecified atom stereocenters. The summed E-state index contributed by atoms with van der Waals surface area (Å²) in [6.45, 7) is 5.43. The lowest BCUT2D eigenvalue weighted by Crippen LogP contribution is -2.38. The molecule has 240 valence electrons. The third-order valence-corrected chi connectivity index (χ3v) is 7.69. The Kier molecular flexibility index (Phi) is 9.81. The number of alkyl halides is 1. The molecule has 10 nitrogen and oxygen atoms in total. The molecule has 0 radical (unpaired) electrons. The lowest BCUT2D eigenvalue weighted by atomic mass is 10.00. The summed E-state index contributed by atoms with van der Waals surface area (Å²) in [5.41, 5.74) is 1.06. The van der Waals surface area contributed by atoms with Crippen LogP contribution in [0.25, 0.3) is 10.9 Å². The van der Waals surface area contributed by atoms with Crippen molar-refractivity contribution in [3.8, 4) is 41.1 Å². The predicted octanol–water partition coefficient (Wildman–Crippen LogP) is 5.39. The van der Waals surface area contributed by atoms with Gasteiger partial charge < -0.3 is 34.3 Å². The van der Waals surface area contributed by atoms with E-state index in [-0.39, 0.29) is 17.9 Å². The summed E-state index contributed by atoms with van der Waals surface area (Å²) in [5.74, 6) is 3.73. The Hall–Kier alpha value is -4.86. The molecule has 0 spiro atoms. The number of morpholine rings is 1. The van der Waals surface area contributed by atoms with E-state index in [0.29, 0.717) is 59.3 Å². The van der Waals surface area contributed by atoms with Crippen molar-refractivity contribution >= 4 is 22.6 Å². The molecule has 46 heavy (non-hydrogen) atoms. The number of ether oxygens (including phenoxy) is 5. The fraction of sp³-hybridized carbons (Fsp3) is 0.353. The Morgan fingerprint density at radius 2 is 1.96 bits per heavy atom. The third kappa shape index (κ3) is 7.33. The summed E-state index contributed by atoms with van der Waals surface area (Å²) in [6, 6.07) is 5.99. The zero-order chi connectivity index (χ0) is 31.9. The first-order chi connectivity index (χ1) is 22.5. The van der Waals surface area contributed by atoms with Crippen molar-refractivity contribution in [1.29, 1.82) is 0 Å². The van der Waals surface area contributed by atoms with Gasteiger partial charge in [0.1, 0.15) is 42.7 Å². The maximum absolute atomic E-state index is 15.1. The van der Waals surface area contributed by atoms with Gasteiger partial charge in [0.15, 0.2) is 11.5 Å². The van der Waals surface area contributed by atoms with Crippen LogP contribution in [0.3, 0.4) is 0 Å². The molecule has 2 aromatic carbocycles. The van der Waals surface area contributed by atoms with E-state index in [1.54, 1.807) is 24.4 Å². The van der Waals surface area contributed by atoms with Gasteiger partial charge in [-0.1, -0.05) is 24.1 Å². The number of halogens is 2. The van der Waals surface area contributed by atoms with Crippen molar-refractivity contribution in [2.24, 2.45) is 0 Å². The number of allylic oxidation sites excluding steroid dienone is 2. The summed E-state index contributed by atoms with van der Waals surface area (Å²) >= 11 is 0. The Balaban J connectivity index is 1.14. The van der Waals surface area contributed by atoms with Crippen LogP contribution >= 0.6 is 0 Å². The van der Waals surface area contributed by atoms with Gasteiger partial charge in [-0.25, -0.2) is 13.6 Å². The molecule has 3 heterocycles. The number of aromatic nitrogens is 1. The summed E-state index contributed by atoms with van der Waals surface area (Å²) in [7, 11) is 0. The molecule has 1 aliphatic carbocycles. The largest absolute Gasteiger partial charge is 0.489 e. The summed E-state index contributed by atoms with van der Waals surface area (Å²) < 4.78 is 58.1. The first kappa shape index (κ1) is 31.1. The van der Waals surface area contributed by atoms with Gasteiger partial charge in [0.2, 0.25) is 5.75 Å². The fourth-order valence-electron chi connectivity index (χ4n) is 5.38. The highest BCUT2D eigenvalue weighted by Crippen LogP contribution is 2.48. The number of hydrogen-bond acceptors (Lipinski definition) is 8. The van der Waals surface area contributed by atoms with Crippen molar-refractivity contribution in [2.45, 2.75) is 25.1 Å². The number of pyridine rings is 1. The number of carbonyl (C=O) groups excluding carboxylic acids is 1. The highest BCUT2D eigenvalue weighted by Gasteiger charge is 2.25. The fourth-order valence-corrected chi connectivity index (χ4v) is 5.38. The predicted molar refractivity (Wildman–Crippen MR) is 168 cm³/mol. The zero-order valence-electron chi connectivity index (χ0n) is 25.1. The van der Waals surface area contributed by atoms with E-state index in [1.165, 1.54) is 24.3 Å². The minimum Gasteiger partial charge on any atom is -0.489 e. The van der Waals surface area contributed by atoms with Gasteiger partial charge in [-0.05, 0) is 30.2 Å². The normalized spacial score (nSPS) is 18.3. The van der Waals surface area contributed by atoms with E-state index >= 15 is 4.39 Å². The van der Waals surface area contributed by atoms with Crippen LogP contribution in [0.1, 0.15) is 12.8 Å². The Bertz CT molecular complexity index is 1680. The average Bonchev–Trinajstić information content (AvgIpc) is 3.08. The first-order valence-corrected chi connectivity index (χ1v) is 15.2. The highest BCUT2D eigenvalue weighted by atomic mass is 19.1. The van der Waals surface area contributed by atoms with Crippen LogP contribution in [0.5, 0.6) is 28.7 Å². The van der Waals surface area contributed by atoms with E-state index in [4.69, 9.17) is 30.1 Å². The van der Waals surface area contributed by atoms with Gasteiger partial charge in [-0.15, -0.1) is 6.42 Å². The number of anilines is 1.